The van der Waals surface area contributed by atoms with Crippen molar-refractivity contribution in [2.45, 2.75) is 38.8 Å². The Labute approximate surface area is 215 Å². The highest BCUT2D eigenvalue weighted by atomic mass is 16.2. The molecule has 2 atom stereocenters. The predicted molar refractivity (Wildman–Crippen MR) is 144 cm³/mol. The van der Waals surface area contributed by atoms with E-state index in [2.05, 4.69) is 58.7 Å². The first-order valence-corrected chi connectivity index (χ1v) is 13.0. The summed E-state index contributed by atoms with van der Waals surface area (Å²) >= 11 is 0. The highest BCUT2D eigenvalue weighted by molar-refractivity contribution is 5.79. The summed E-state index contributed by atoms with van der Waals surface area (Å²) in [5.41, 5.74) is 3.62. The number of rotatable bonds is 9. The summed E-state index contributed by atoms with van der Waals surface area (Å²) in [7, 11) is 0. The number of hydrogen-bond acceptors (Lipinski definition) is 3. The molecule has 2 amide bonds. The second kappa shape index (κ2) is 12.5. The molecule has 1 aliphatic rings. The number of hydrogen-bond donors (Lipinski definition) is 1. The van der Waals surface area contributed by atoms with Gasteiger partial charge < -0.3 is 10.2 Å². The molecule has 3 aromatic carbocycles. The van der Waals surface area contributed by atoms with Crippen molar-refractivity contribution in [3.8, 4) is 0 Å². The van der Waals surface area contributed by atoms with Gasteiger partial charge in [0.15, 0.2) is 0 Å². The number of amides is 2. The van der Waals surface area contributed by atoms with Crippen LogP contribution < -0.4 is 5.32 Å². The monoisotopic (exact) mass is 483 g/mol. The van der Waals surface area contributed by atoms with Gasteiger partial charge in [0.2, 0.25) is 11.8 Å². The number of piperazine rings is 1. The zero-order valence-electron chi connectivity index (χ0n) is 21.3. The summed E-state index contributed by atoms with van der Waals surface area (Å²) in [6.07, 6.45) is 0.751. The highest BCUT2D eigenvalue weighted by Gasteiger charge is 2.28. The summed E-state index contributed by atoms with van der Waals surface area (Å²) in [6, 6.07) is 31.2. The molecule has 1 saturated heterocycles. The molecule has 4 rings (SSSR count). The fourth-order valence-corrected chi connectivity index (χ4v) is 5.06. The Balaban J connectivity index is 1.28. The predicted octanol–water partition coefficient (Wildman–Crippen LogP) is 5.21. The summed E-state index contributed by atoms with van der Waals surface area (Å²) in [4.78, 5) is 30.0. The van der Waals surface area contributed by atoms with Gasteiger partial charge in [0.05, 0.1) is 12.1 Å². The van der Waals surface area contributed by atoms with Crippen molar-refractivity contribution in [2.75, 3.05) is 26.2 Å². The lowest BCUT2D eigenvalue weighted by Gasteiger charge is -2.40. The first-order valence-electron chi connectivity index (χ1n) is 13.0. The molecule has 188 valence electrons. The second-order valence-electron chi connectivity index (χ2n) is 9.85. The minimum absolute atomic E-state index is 0.000103. The van der Waals surface area contributed by atoms with Gasteiger partial charge in [0, 0.05) is 39.0 Å². The Morgan fingerprint density at radius 1 is 0.694 bits per heavy atom. The molecule has 0 spiro atoms. The van der Waals surface area contributed by atoms with Crippen molar-refractivity contribution >= 4 is 11.8 Å². The van der Waals surface area contributed by atoms with Crippen LogP contribution in [0.3, 0.4) is 0 Å². The van der Waals surface area contributed by atoms with Gasteiger partial charge in [-0.1, -0.05) is 97.9 Å². The molecule has 0 aromatic heterocycles. The van der Waals surface area contributed by atoms with Crippen LogP contribution in [0.25, 0.3) is 0 Å². The molecule has 3 aromatic rings. The largest absolute Gasteiger partial charge is 0.350 e. The van der Waals surface area contributed by atoms with Gasteiger partial charge >= 0.3 is 0 Å². The Hall–Kier alpha value is -3.44. The molecule has 1 N–H and O–H groups in total. The average molecular weight is 484 g/mol. The van der Waals surface area contributed by atoms with Crippen LogP contribution in [0.2, 0.25) is 0 Å². The molecule has 5 heteroatoms. The highest BCUT2D eigenvalue weighted by Crippen LogP contribution is 2.29. The van der Waals surface area contributed by atoms with E-state index in [0.29, 0.717) is 25.9 Å². The van der Waals surface area contributed by atoms with E-state index in [1.807, 2.05) is 61.2 Å². The summed E-state index contributed by atoms with van der Waals surface area (Å²) in [6.45, 7) is 7.04. The molecule has 0 saturated carbocycles. The molecular formula is C31H37N3O2. The van der Waals surface area contributed by atoms with E-state index in [-0.39, 0.29) is 29.8 Å². The third kappa shape index (κ3) is 6.82. The first-order chi connectivity index (χ1) is 17.5. The molecule has 1 fully saturated rings. The van der Waals surface area contributed by atoms with E-state index < -0.39 is 0 Å². The normalized spacial score (nSPS) is 15.9. The van der Waals surface area contributed by atoms with Crippen LogP contribution in [0.1, 0.15) is 55.5 Å². The van der Waals surface area contributed by atoms with Crippen molar-refractivity contribution in [3.05, 3.63) is 108 Å². The second-order valence-corrected chi connectivity index (χ2v) is 9.85. The third-order valence-electron chi connectivity index (χ3n) is 7.00. The zero-order chi connectivity index (χ0) is 25.3. The number of nitrogens with zero attached hydrogens (tertiary/aromatic N) is 2. The van der Waals surface area contributed by atoms with E-state index in [0.717, 1.165) is 18.7 Å². The molecule has 0 bridgehead atoms. The van der Waals surface area contributed by atoms with E-state index in [1.54, 1.807) is 0 Å². The van der Waals surface area contributed by atoms with E-state index in [4.69, 9.17) is 0 Å². The van der Waals surface area contributed by atoms with Crippen molar-refractivity contribution < 1.29 is 9.59 Å². The minimum Gasteiger partial charge on any atom is -0.350 e. The molecular weight excluding hydrogens is 446 g/mol. The van der Waals surface area contributed by atoms with Crippen molar-refractivity contribution in [1.29, 1.82) is 0 Å². The quantitative estimate of drug-likeness (QED) is 0.454. The van der Waals surface area contributed by atoms with Gasteiger partial charge in [-0.25, -0.2) is 0 Å². The number of carbonyl (C=O) groups excluding carboxylic acids is 2. The molecule has 0 unspecified atom stereocenters. The van der Waals surface area contributed by atoms with Crippen molar-refractivity contribution in [2.24, 2.45) is 5.92 Å². The lowest BCUT2D eigenvalue weighted by Crippen LogP contribution is -2.50. The number of benzene rings is 3. The summed E-state index contributed by atoms with van der Waals surface area (Å²) in [5, 5.41) is 3.06. The maximum Gasteiger partial charge on any atom is 0.222 e. The van der Waals surface area contributed by atoms with Crippen LogP contribution in [-0.4, -0.2) is 47.8 Å². The lowest BCUT2D eigenvalue weighted by atomic mass is 9.96. The average Bonchev–Trinajstić information content (AvgIpc) is 2.91. The van der Waals surface area contributed by atoms with Crippen molar-refractivity contribution in [3.63, 3.8) is 0 Å². The SMILES string of the molecule is C[C@@H](CC(=O)N[C@H](C)c1ccccc1)CC(=O)N1CCN(C(c2ccccc2)c2ccccc2)CC1. The molecule has 36 heavy (non-hydrogen) atoms. The number of carbonyl (C=O) groups is 2. The van der Waals surface area contributed by atoms with Gasteiger partial charge in [-0.3, -0.25) is 14.5 Å². The van der Waals surface area contributed by atoms with Crippen LogP contribution in [0.15, 0.2) is 91.0 Å². The Bertz CT molecular complexity index is 1060. The Morgan fingerprint density at radius 2 is 1.17 bits per heavy atom. The van der Waals surface area contributed by atoms with E-state index in [1.165, 1.54) is 11.1 Å². The van der Waals surface area contributed by atoms with Crippen LogP contribution >= 0.6 is 0 Å². The summed E-state index contributed by atoms with van der Waals surface area (Å²) in [5.74, 6) is 0.131. The summed E-state index contributed by atoms with van der Waals surface area (Å²) < 4.78 is 0. The minimum atomic E-state index is -0.0446. The van der Waals surface area contributed by atoms with E-state index in [9.17, 15) is 9.59 Å². The molecule has 0 radical (unpaired) electrons. The van der Waals surface area contributed by atoms with Gasteiger partial charge in [-0.05, 0) is 29.5 Å². The molecule has 1 aliphatic heterocycles. The zero-order valence-corrected chi connectivity index (χ0v) is 21.3. The topological polar surface area (TPSA) is 52.7 Å². The smallest absolute Gasteiger partial charge is 0.222 e. The standard InChI is InChI=1S/C31H37N3O2/c1-24(22-29(35)32-25(2)26-12-6-3-7-13-26)23-30(36)33-18-20-34(21-19-33)31(27-14-8-4-9-15-27)28-16-10-5-11-17-28/h3-17,24-25,31H,18-23H2,1-2H3,(H,32,35)/t24-,25+/m0/s1. The number of nitrogens with one attached hydrogen (secondary N) is 1. The van der Waals surface area contributed by atoms with E-state index >= 15 is 0 Å². The molecule has 5 nitrogen and oxygen atoms in total. The van der Waals surface area contributed by atoms with Crippen molar-refractivity contribution in [1.82, 2.24) is 15.1 Å². The first kappa shape index (κ1) is 25.6. The molecule has 1 heterocycles. The van der Waals surface area contributed by atoms with Crippen LogP contribution in [0.4, 0.5) is 0 Å². The van der Waals surface area contributed by atoms with Crippen LogP contribution in [-0.2, 0) is 9.59 Å². The van der Waals surface area contributed by atoms with Crippen LogP contribution in [0.5, 0.6) is 0 Å². The van der Waals surface area contributed by atoms with Gasteiger partial charge in [0.1, 0.15) is 0 Å². The fraction of sp³-hybridized carbons (Fsp3) is 0.355. The van der Waals surface area contributed by atoms with Gasteiger partial charge in [-0.2, -0.15) is 0 Å². The maximum absolute atomic E-state index is 13.0. The Morgan fingerprint density at radius 3 is 1.67 bits per heavy atom. The Kier molecular flexibility index (Phi) is 8.90. The maximum atomic E-state index is 13.0. The van der Waals surface area contributed by atoms with Gasteiger partial charge in [-0.15, -0.1) is 0 Å². The van der Waals surface area contributed by atoms with Crippen LogP contribution in [0, 0.1) is 5.92 Å². The lowest BCUT2D eigenvalue weighted by molar-refractivity contribution is -0.134. The third-order valence-corrected chi connectivity index (χ3v) is 7.00. The fourth-order valence-electron chi connectivity index (χ4n) is 5.06. The van der Waals surface area contributed by atoms with Gasteiger partial charge in [0.25, 0.3) is 0 Å². The molecule has 0 aliphatic carbocycles.